The first-order chi connectivity index (χ1) is 8.28. The third-order valence-electron chi connectivity index (χ3n) is 2.87. The number of hydrogen-bond donors (Lipinski definition) is 1. The van der Waals surface area contributed by atoms with E-state index in [9.17, 15) is 0 Å². The summed E-state index contributed by atoms with van der Waals surface area (Å²) < 4.78 is 0. The molecule has 0 saturated carbocycles. The van der Waals surface area contributed by atoms with Crippen LogP contribution in [0.4, 0.5) is 5.82 Å². The van der Waals surface area contributed by atoms with Crippen LogP contribution in [0.2, 0.25) is 0 Å². The van der Waals surface area contributed by atoms with Gasteiger partial charge >= 0.3 is 0 Å². The summed E-state index contributed by atoms with van der Waals surface area (Å²) in [6.07, 6.45) is 3.97. The minimum absolute atomic E-state index is 0.677. The van der Waals surface area contributed by atoms with Gasteiger partial charge in [-0.05, 0) is 37.7 Å². The first-order valence-electron chi connectivity index (χ1n) is 6.02. The highest BCUT2D eigenvalue weighted by atomic mass is 32.2. The van der Waals surface area contributed by atoms with Crippen LogP contribution in [-0.4, -0.2) is 22.5 Å². The lowest BCUT2D eigenvalue weighted by atomic mass is 10.2. The summed E-state index contributed by atoms with van der Waals surface area (Å²) in [7, 11) is 0. The van der Waals surface area contributed by atoms with Crippen LogP contribution < -0.4 is 5.32 Å². The summed E-state index contributed by atoms with van der Waals surface area (Å²) in [5.74, 6) is 2.10. The molecule has 1 aliphatic rings. The molecular weight excluding hydrogens is 230 g/mol. The van der Waals surface area contributed by atoms with E-state index in [0.29, 0.717) is 10.8 Å². The second kappa shape index (κ2) is 5.92. The van der Waals surface area contributed by atoms with Gasteiger partial charge in [0.05, 0.1) is 11.6 Å². The van der Waals surface area contributed by atoms with E-state index in [4.69, 9.17) is 5.26 Å². The van der Waals surface area contributed by atoms with Crippen LogP contribution in [0.3, 0.4) is 0 Å². The SMILES string of the molecule is Cc1cc(C#N)cc(NCC2CCCCS2)n1. The van der Waals surface area contributed by atoms with Crippen molar-refractivity contribution in [1.29, 1.82) is 5.26 Å². The molecule has 1 aliphatic heterocycles. The number of hydrogen-bond acceptors (Lipinski definition) is 4. The van der Waals surface area contributed by atoms with Crippen molar-refractivity contribution in [2.75, 3.05) is 17.6 Å². The van der Waals surface area contributed by atoms with Gasteiger partial charge < -0.3 is 5.32 Å². The van der Waals surface area contributed by atoms with Gasteiger partial charge in [-0.2, -0.15) is 17.0 Å². The van der Waals surface area contributed by atoms with Crippen molar-refractivity contribution in [3.8, 4) is 6.07 Å². The van der Waals surface area contributed by atoms with Crippen molar-refractivity contribution in [2.45, 2.75) is 31.4 Å². The molecule has 1 N–H and O–H groups in total. The quantitative estimate of drug-likeness (QED) is 0.892. The maximum atomic E-state index is 8.89. The Morgan fingerprint density at radius 3 is 3.12 bits per heavy atom. The smallest absolute Gasteiger partial charge is 0.127 e. The molecule has 2 rings (SSSR count). The van der Waals surface area contributed by atoms with Gasteiger partial charge in [-0.25, -0.2) is 4.98 Å². The van der Waals surface area contributed by atoms with Gasteiger partial charge in [0.2, 0.25) is 0 Å². The van der Waals surface area contributed by atoms with Crippen LogP contribution in [0.15, 0.2) is 12.1 Å². The number of nitrogens with zero attached hydrogens (tertiary/aromatic N) is 2. The lowest BCUT2D eigenvalue weighted by Crippen LogP contribution is -2.20. The van der Waals surface area contributed by atoms with Gasteiger partial charge in [-0.15, -0.1) is 0 Å². The highest BCUT2D eigenvalue weighted by Gasteiger charge is 2.13. The number of thioether (sulfide) groups is 1. The minimum Gasteiger partial charge on any atom is -0.369 e. The number of aromatic nitrogens is 1. The topological polar surface area (TPSA) is 48.7 Å². The maximum Gasteiger partial charge on any atom is 0.127 e. The van der Waals surface area contributed by atoms with Gasteiger partial charge in [0.25, 0.3) is 0 Å². The standard InChI is InChI=1S/C13H17N3S/c1-10-6-11(8-14)7-13(16-10)15-9-12-4-2-3-5-17-12/h6-7,12H,2-5,9H2,1H3,(H,15,16). The van der Waals surface area contributed by atoms with Crippen molar-refractivity contribution >= 4 is 17.6 Å². The monoisotopic (exact) mass is 247 g/mol. The average molecular weight is 247 g/mol. The molecule has 17 heavy (non-hydrogen) atoms. The fourth-order valence-electron chi connectivity index (χ4n) is 2.01. The molecule has 90 valence electrons. The zero-order valence-electron chi connectivity index (χ0n) is 10.1. The van der Waals surface area contributed by atoms with Crippen molar-refractivity contribution in [3.63, 3.8) is 0 Å². The fourth-order valence-corrected chi connectivity index (χ4v) is 3.25. The number of nitrogens with one attached hydrogen (secondary N) is 1. The van der Waals surface area contributed by atoms with E-state index < -0.39 is 0 Å². The van der Waals surface area contributed by atoms with Crippen LogP contribution in [-0.2, 0) is 0 Å². The average Bonchev–Trinajstić information content (AvgIpc) is 2.37. The number of aryl methyl sites for hydroxylation is 1. The Morgan fingerprint density at radius 2 is 2.41 bits per heavy atom. The van der Waals surface area contributed by atoms with Crippen LogP contribution in [0.25, 0.3) is 0 Å². The third-order valence-corrected chi connectivity index (χ3v) is 4.27. The normalized spacial score (nSPS) is 19.6. The molecule has 2 heterocycles. The van der Waals surface area contributed by atoms with Crippen molar-refractivity contribution < 1.29 is 0 Å². The van der Waals surface area contributed by atoms with Gasteiger partial charge in [0, 0.05) is 17.5 Å². The highest BCUT2D eigenvalue weighted by molar-refractivity contribution is 7.99. The number of anilines is 1. The fraction of sp³-hybridized carbons (Fsp3) is 0.538. The predicted octanol–water partition coefficient (Wildman–Crippen LogP) is 2.96. The van der Waals surface area contributed by atoms with Crippen LogP contribution in [0.1, 0.15) is 30.5 Å². The van der Waals surface area contributed by atoms with Crippen molar-refractivity contribution in [2.24, 2.45) is 0 Å². The summed E-state index contributed by atoms with van der Waals surface area (Å²) in [4.78, 5) is 4.39. The van der Waals surface area contributed by atoms with Gasteiger partial charge in [0.15, 0.2) is 0 Å². The number of nitriles is 1. The van der Waals surface area contributed by atoms with Crippen molar-refractivity contribution in [1.82, 2.24) is 4.98 Å². The summed E-state index contributed by atoms with van der Waals surface area (Å²) in [6.45, 7) is 2.87. The molecule has 0 aliphatic carbocycles. The highest BCUT2D eigenvalue weighted by Crippen LogP contribution is 2.25. The van der Waals surface area contributed by atoms with Gasteiger partial charge in [0.1, 0.15) is 5.82 Å². The molecule has 0 amide bonds. The number of rotatable bonds is 3. The summed E-state index contributed by atoms with van der Waals surface area (Å²) in [6, 6.07) is 5.79. The Labute approximate surface area is 107 Å². The van der Waals surface area contributed by atoms with E-state index in [0.717, 1.165) is 18.1 Å². The Hall–Kier alpha value is -1.21. The van der Waals surface area contributed by atoms with E-state index in [2.05, 4.69) is 16.4 Å². The second-order valence-corrected chi connectivity index (χ2v) is 5.77. The molecule has 1 aromatic rings. The van der Waals surface area contributed by atoms with E-state index in [1.54, 1.807) is 6.07 Å². The minimum atomic E-state index is 0.677. The zero-order valence-corrected chi connectivity index (χ0v) is 10.9. The lowest BCUT2D eigenvalue weighted by Gasteiger charge is -2.21. The molecule has 1 unspecified atom stereocenters. The van der Waals surface area contributed by atoms with Crippen LogP contribution in [0, 0.1) is 18.3 Å². The first-order valence-corrected chi connectivity index (χ1v) is 7.07. The Balaban J connectivity index is 1.94. The lowest BCUT2D eigenvalue weighted by molar-refractivity contribution is 0.677. The molecule has 0 spiro atoms. The molecule has 1 atom stereocenters. The van der Waals surface area contributed by atoms with Crippen molar-refractivity contribution in [3.05, 3.63) is 23.4 Å². The molecule has 0 aromatic carbocycles. The molecule has 1 aromatic heterocycles. The first kappa shape index (κ1) is 12.3. The Bertz CT molecular complexity index is 419. The van der Waals surface area contributed by atoms with Gasteiger partial charge in [-0.3, -0.25) is 0 Å². The Morgan fingerprint density at radius 1 is 1.53 bits per heavy atom. The van der Waals surface area contributed by atoms with E-state index in [1.165, 1.54) is 25.0 Å². The van der Waals surface area contributed by atoms with E-state index in [1.807, 2.05) is 24.8 Å². The molecule has 3 nitrogen and oxygen atoms in total. The summed E-state index contributed by atoms with van der Waals surface area (Å²) >= 11 is 2.04. The third kappa shape index (κ3) is 3.64. The summed E-state index contributed by atoms with van der Waals surface area (Å²) in [5, 5.41) is 12.9. The zero-order chi connectivity index (χ0) is 12.1. The molecule has 1 fully saturated rings. The molecule has 1 saturated heterocycles. The van der Waals surface area contributed by atoms with Crippen LogP contribution >= 0.6 is 11.8 Å². The second-order valence-electron chi connectivity index (χ2n) is 4.36. The molecule has 0 bridgehead atoms. The van der Waals surface area contributed by atoms with E-state index >= 15 is 0 Å². The summed E-state index contributed by atoms with van der Waals surface area (Å²) in [5.41, 5.74) is 1.57. The molecule has 0 radical (unpaired) electrons. The number of pyridine rings is 1. The molecular formula is C13H17N3S. The maximum absolute atomic E-state index is 8.89. The largest absolute Gasteiger partial charge is 0.369 e. The predicted molar refractivity (Wildman–Crippen MR) is 72.3 cm³/mol. The Kier molecular flexibility index (Phi) is 4.27. The van der Waals surface area contributed by atoms with Crippen LogP contribution in [0.5, 0.6) is 0 Å². The molecule has 4 heteroatoms. The van der Waals surface area contributed by atoms with E-state index in [-0.39, 0.29) is 0 Å². The van der Waals surface area contributed by atoms with Gasteiger partial charge in [-0.1, -0.05) is 6.42 Å².